The van der Waals surface area contributed by atoms with E-state index >= 15 is 0 Å². The first-order chi connectivity index (χ1) is 13.8. The summed E-state index contributed by atoms with van der Waals surface area (Å²) >= 11 is 0. The van der Waals surface area contributed by atoms with Crippen molar-refractivity contribution in [2.45, 2.75) is 46.1 Å². The normalized spacial score (nSPS) is 20.4. The van der Waals surface area contributed by atoms with Gasteiger partial charge >= 0.3 is 0 Å². The van der Waals surface area contributed by atoms with Gasteiger partial charge in [0, 0.05) is 39.8 Å². The van der Waals surface area contributed by atoms with E-state index in [1.54, 1.807) is 11.4 Å². The third kappa shape index (κ3) is 9.54. The Morgan fingerprint density at radius 1 is 1.13 bits per heavy atom. The van der Waals surface area contributed by atoms with E-state index in [-0.39, 0.29) is 42.4 Å². The highest BCUT2D eigenvalue weighted by molar-refractivity contribution is 14.0. The first-order valence-corrected chi connectivity index (χ1v) is 12.7. The predicted octanol–water partition coefficient (Wildman–Crippen LogP) is 1.67. The molecule has 10 heteroatoms. The van der Waals surface area contributed by atoms with Gasteiger partial charge in [-0.2, -0.15) is 4.31 Å². The number of ether oxygens (including phenoxy) is 1. The Kier molecular flexibility index (Phi) is 13.1. The molecule has 2 saturated heterocycles. The molecular formula is C20H42IN5O3S. The molecule has 2 heterocycles. The molecule has 0 bridgehead atoms. The molecule has 0 atom stereocenters. The molecule has 8 nitrogen and oxygen atoms in total. The monoisotopic (exact) mass is 559 g/mol. The molecule has 2 rings (SSSR count). The smallest absolute Gasteiger partial charge is 0.216 e. The number of piperidine rings is 1. The van der Waals surface area contributed by atoms with Crippen LogP contribution in [0.25, 0.3) is 0 Å². The number of hydrogen-bond acceptors (Lipinski definition) is 5. The number of guanidine groups is 1. The van der Waals surface area contributed by atoms with Gasteiger partial charge in [-0.1, -0.05) is 6.92 Å². The molecule has 0 aliphatic carbocycles. The summed E-state index contributed by atoms with van der Waals surface area (Å²) in [6, 6.07) is 0. The van der Waals surface area contributed by atoms with Gasteiger partial charge in [0.1, 0.15) is 0 Å². The molecule has 0 aromatic rings. The molecule has 1 N–H and O–H groups in total. The minimum Gasteiger partial charge on any atom is -0.378 e. The molecule has 2 aliphatic rings. The van der Waals surface area contributed by atoms with Gasteiger partial charge in [0.25, 0.3) is 0 Å². The van der Waals surface area contributed by atoms with Crippen molar-refractivity contribution in [3.05, 3.63) is 0 Å². The van der Waals surface area contributed by atoms with Crippen molar-refractivity contribution >= 4 is 40.0 Å². The standard InChI is InChI=1S/C20H41N5O3S.HI/c1-18(2)28-16-17-29(26,27)25-14-12-24(13-15-25)20(21-4)22-8-5-9-23-10-6-19(3)7-11-23;/h18-19H,5-17H2,1-4H3,(H,21,22);1H. The molecular weight excluding hydrogens is 517 g/mol. The van der Waals surface area contributed by atoms with Crippen LogP contribution in [0.1, 0.15) is 40.0 Å². The first-order valence-electron chi connectivity index (χ1n) is 11.1. The molecule has 178 valence electrons. The van der Waals surface area contributed by atoms with Gasteiger partial charge in [0.05, 0.1) is 18.5 Å². The van der Waals surface area contributed by atoms with Gasteiger partial charge in [0.2, 0.25) is 10.0 Å². The summed E-state index contributed by atoms with van der Waals surface area (Å²) in [5.41, 5.74) is 0. The Labute approximate surface area is 200 Å². The quantitative estimate of drug-likeness (QED) is 0.201. The number of piperazine rings is 1. The van der Waals surface area contributed by atoms with E-state index in [1.807, 2.05) is 13.8 Å². The third-order valence-electron chi connectivity index (χ3n) is 5.75. The predicted molar refractivity (Wildman–Crippen MR) is 134 cm³/mol. The summed E-state index contributed by atoms with van der Waals surface area (Å²) in [5, 5.41) is 3.45. The number of sulfonamides is 1. The highest BCUT2D eigenvalue weighted by atomic mass is 127. The minimum atomic E-state index is -3.26. The molecule has 0 unspecified atom stereocenters. The van der Waals surface area contributed by atoms with Crippen LogP contribution in [0.2, 0.25) is 0 Å². The molecule has 0 aromatic carbocycles. The number of halogens is 1. The van der Waals surface area contributed by atoms with Crippen molar-refractivity contribution in [1.29, 1.82) is 0 Å². The molecule has 2 aliphatic heterocycles. The van der Waals surface area contributed by atoms with Crippen LogP contribution in [0, 0.1) is 5.92 Å². The van der Waals surface area contributed by atoms with E-state index in [0.717, 1.165) is 31.4 Å². The molecule has 2 fully saturated rings. The fourth-order valence-corrected chi connectivity index (χ4v) is 5.10. The average Bonchev–Trinajstić information content (AvgIpc) is 2.69. The summed E-state index contributed by atoms with van der Waals surface area (Å²) in [7, 11) is -1.46. The lowest BCUT2D eigenvalue weighted by Crippen LogP contribution is -2.54. The number of nitrogens with zero attached hydrogens (tertiary/aromatic N) is 4. The first kappa shape index (κ1) is 27.9. The van der Waals surface area contributed by atoms with Gasteiger partial charge in [-0.05, 0) is 58.7 Å². The Hall–Kier alpha value is -0.170. The van der Waals surface area contributed by atoms with Crippen LogP contribution in [0.5, 0.6) is 0 Å². The fourth-order valence-electron chi connectivity index (χ4n) is 3.82. The maximum Gasteiger partial charge on any atom is 0.216 e. The SMILES string of the molecule is CN=C(NCCCN1CCC(C)CC1)N1CCN(S(=O)(=O)CCOC(C)C)CC1.I. The number of rotatable bonds is 9. The van der Waals surface area contributed by atoms with Gasteiger partial charge < -0.3 is 19.9 Å². The number of aliphatic imine (C=N–C) groups is 1. The molecule has 0 aromatic heterocycles. The fraction of sp³-hybridized carbons (Fsp3) is 0.950. The lowest BCUT2D eigenvalue weighted by molar-refractivity contribution is 0.0904. The topological polar surface area (TPSA) is 77.5 Å². The zero-order valence-electron chi connectivity index (χ0n) is 19.2. The Balaban J connectivity index is 0.00000450. The second-order valence-corrected chi connectivity index (χ2v) is 10.6. The van der Waals surface area contributed by atoms with Crippen LogP contribution in [-0.4, -0.2) is 106 Å². The Morgan fingerprint density at radius 3 is 2.33 bits per heavy atom. The zero-order valence-corrected chi connectivity index (χ0v) is 22.3. The van der Waals surface area contributed by atoms with Crippen LogP contribution in [0.15, 0.2) is 4.99 Å². The highest BCUT2D eigenvalue weighted by Crippen LogP contribution is 2.15. The minimum absolute atomic E-state index is 0. The summed E-state index contributed by atoms with van der Waals surface area (Å²) in [6.07, 6.45) is 3.77. The molecule has 0 saturated carbocycles. The van der Waals surface area contributed by atoms with E-state index in [0.29, 0.717) is 26.2 Å². The Bertz CT molecular complexity index is 602. The average molecular weight is 560 g/mol. The summed E-state index contributed by atoms with van der Waals surface area (Å²) < 4.78 is 31.9. The second-order valence-electron chi connectivity index (χ2n) is 8.47. The van der Waals surface area contributed by atoms with Crippen LogP contribution in [-0.2, 0) is 14.8 Å². The van der Waals surface area contributed by atoms with Crippen molar-refractivity contribution in [1.82, 2.24) is 19.4 Å². The van der Waals surface area contributed by atoms with Crippen LogP contribution in [0.3, 0.4) is 0 Å². The maximum atomic E-state index is 12.5. The van der Waals surface area contributed by atoms with Gasteiger partial charge in [-0.3, -0.25) is 4.99 Å². The summed E-state index contributed by atoms with van der Waals surface area (Å²) in [5.74, 6) is 1.79. The van der Waals surface area contributed by atoms with Crippen molar-refractivity contribution in [2.24, 2.45) is 10.9 Å². The van der Waals surface area contributed by atoms with Crippen LogP contribution in [0.4, 0.5) is 0 Å². The van der Waals surface area contributed by atoms with E-state index < -0.39 is 10.0 Å². The van der Waals surface area contributed by atoms with E-state index in [9.17, 15) is 8.42 Å². The van der Waals surface area contributed by atoms with E-state index in [2.05, 4.69) is 27.0 Å². The van der Waals surface area contributed by atoms with Gasteiger partial charge in [-0.25, -0.2) is 8.42 Å². The number of hydrogen-bond donors (Lipinski definition) is 1. The molecule has 0 amide bonds. The van der Waals surface area contributed by atoms with E-state index in [1.165, 1.54) is 25.9 Å². The molecule has 30 heavy (non-hydrogen) atoms. The Morgan fingerprint density at radius 2 is 1.77 bits per heavy atom. The third-order valence-corrected chi connectivity index (χ3v) is 7.58. The van der Waals surface area contributed by atoms with Gasteiger partial charge in [0.15, 0.2) is 5.96 Å². The molecule has 0 radical (unpaired) electrons. The van der Waals surface area contributed by atoms with Crippen LogP contribution >= 0.6 is 24.0 Å². The largest absolute Gasteiger partial charge is 0.378 e. The van der Waals surface area contributed by atoms with Crippen molar-refractivity contribution < 1.29 is 13.2 Å². The summed E-state index contributed by atoms with van der Waals surface area (Å²) in [6.45, 7) is 13.2. The number of nitrogens with one attached hydrogen (secondary N) is 1. The lowest BCUT2D eigenvalue weighted by atomic mass is 9.99. The van der Waals surface area contributed by atoms with Crippen molar-refractivity contribution in [3.63, 3.8) is 0 Å². The lowest BCUT2D eigenvalue weighted by Gasteiger charge is -2.36. The summed E-state index contributed by atoms with van der Waals surface area (Å²) in [4.78, 5) is 9.10. The highest BCUT2D eigenvalue weighted by Gasteiger charge is 2.28. The maximum absolute atomic E-state index is 12.5. The van der Waals surface area contributed by atoms with Gasteiger partial charge in [-0.15, -0.1) is 24.0 Å². The zero-order chi connectivity index (χ0) is 21.3. The number of likely N-dealkylation sites (tertiary alicyclic amines) is 1. The van der Waals surface area contributed by atoms with Crippen molar-refractivity contribution in [3.8, 4) is 0 Å². The second kappa shape index (κ2) is 14.1. The van der Waals surface area contributed by atoms with Crippen molar-refractivity contribution in [2.75, 3.05) is 71.8 Å². The van der Waals surface area contributed by atoms with E-state index in [4.69, 9.17) is 4.74 Å². The van der Waals surface area contributed by atoms with Crippen LogP contribution < -0.4 is 5.32 Å². The molecule has 0 spiro atoms.